The monoisotopic (exact) mass is 291 g/mol. The summed E-state index contributed by atoms with van der Waals surface area (Å²) in [6.45, 7) is 3.67. The molecule has 0 aliphatic rings. The normalized spacial score (nSPS) is 15.2. The number of oxime groups is 1. The Morgan fingerprint density at radius 1 is 1.35 bits per heavy atom. The van der Waals surface area contributed by atoms with Gasteiger partial charge in [0, 0.05) is 16.2 Å². The van der Waals surface area contributed by atoms with Crippen LogP contribution in [0.5, 0.6) is 0 Å². The average molecular weight is 291 g/mol. The lowest BCUT2D eigenvalue weighted by Crippen LogP contribution is -2.16. The lowest BCUT2D eigenvalue weighted by molar-refractivity contribution is 0.196. The van der Waals surface area contributed by atoms with Crippen LogP contribution in [0.2, 0.25) is 0 Å². The molecule has 0 aliphatic heterocycles. The van der Waals surface area contributed by atoms with Crippen LogP contribution < -0.4 is 5.73 Å². The van der Waals surface area contributed by atoms with Gasteiger partial charge in [-0.1, -0.05) is 30.3 Å². The first-order valence-corrected chi connectivity index (χ1v) is 7.13. The van der Waals surface area contributed by atoms with Gasteiger partial charge in [0.15, 0.2) is 5.84 Å². The molecular weight excluding hydrogens is 274 g/mol. The quantitative estimate of drug-likeness (QED) is 0.264. The first-order valence-electron chi connectivity index (χ1n) is 6.25. The maximum atomic E-state index is 9.58. The number of aliphatic hydroxyl groups excluding tert-OH is 1. The number of amidine groups is 1. The summed E-state index contributed by atoms with van der Waals surface area (Å²) >= 11 is 1.46. The van der Waals surface area contributed by atoms with E-state index in [9.17, 15) is 5.11 Å². The number of benzene rings is 1. The van der Waals surface area contributed by atoms with Crippen molar-refractivity contribution in [2.45, 2.75) is 30.2 Å². The summed E-state index contributed by atoms with van der Waals surface area (Å²) in [7, 11) is 0. The molecule has 5 nitrogen and oxygen atoms in total. The van der Waals surface area contributed by atoms with Crippen molar-refractivity contribution in [3.8, 4) is 0 Å². The van der Waals surface area contributed by atoms with Crippen LogP contribution in [0.3, 0.4) is 0 Å². The molecule has 0 saturated heterocycles. The molecule has 6 heteroatoms. The number of fused-ring (bicyclic) bond motifs is 1. The number of aliphatic hydroxyl groups is 1. The van der Waals surface area contributed by atoms with Gasteiger partial charge in [-0.05, 0) is 19.1 Å². The van der Waals surface area contributed by atoms with Crippen molar-refractivity contribution in [2.24, 2.45) is 10.9 Å². The van der Waals surface area contributed by atoms with Crippen molar-refractivity contribution in [3.05, 3.63) is 35.9 Å². The summed E-state index contributed by atoms with van der Waals surface area (Å²) in [4.78, 5) is 4.53. The SMILES string of the molecule is CC(O)C(C)Sc1cc(/C(N)=N/O)c2ccccc2n1. The third kappa shape index (κ3) is 3.02. The van der Waals surface area contributed by atoms with E-state index in [1.807, 2.05) is 31.2 Å². The molecule has 0 fully saturated rings. The third-order valence-electron chi connectivity index (χ3n) is 3.06. The van der Waals surface area contributed by atoms with Crippen molar-refractivity contribution >= 4 is 28.5 Å². The van der Waals surface area contributed by atoms with Gasteiger partial charge in [-0.25, -0.2) is 4.98 Å². The standard InChI is InChI=1S/C14H17N3O2S/c1-8(18)9(2)20-13-7-11(14(15)17-19)10-5-3-4-6-12(10)16-13/h3-9,18-19H,1-2H3,(H2,15,17). The van der Waals surface area contributed by atoms with Crippen molar-refractivity contribution < 1.29 is 10.3 Å². The van der Waals surface area contributed by atoms with Gasteiger partial charge in [-0.15, -0.1) is 11.8 Å². The Morgan fingerprint density at radius 2 is 2.05 bits per heavy atom. The molecule has 0 saturated carbocycles. The Balaban J connectivity index is 2.53. The van der Waals surface area contributed by atoms with Crippen molar-refractivity contribution in [3.63, 3.8) is 0 Å². The molecule has 0 bridgehead atoms. The van der Waals surface area contributed by atoms with E-state index in [2.05, 4.69) is 10.1 Å². The minimum atomic E-state index is -0.444. The number of hydrogen-bond donors (Lipinski definition) is 3. The predicted octanol–water partition coefficient (Wildman–Crippen LogP) is 2.19. The summed E-state index contributed by atoms with van der Waals surface area (Å²) < 4.78 is 0. The molecule has 1 heterocycles. The average Bonchev–Trinajstić information content (AvgIpc) is 2.45. The first kappa shape index (κ1) is 14.6. The second-order valence-corrected chi connectivity index (χ2v) is 5.97. The lowest BCUT2D eigenvalue weighted by atomic mass is 10.1. The molecule has 0 aliphatic carbocycles. The van der Waals surface area contributed by atoms with Crippen LogP contribution in [-0.2, 0) is 0 Å². The van der Waals surface area contributed by atoms with Gasteiger partial charge in [0.25, 0.3) is 0 Å². The van der Waals surface area contributed by atoms with Crippen LogP contribution in [-0.4, -0.2) is 32.5 Å². The molecule has 2 rings (SSSR count). The fourth-order valence-electron chi connectivity index (χ4n) is 1.77. The molecule has 1 aromatic carbocycles. The van der Waals surface area contributed by atoms with E-state index in [4.69, 9.17) is 10.9 Å². The molecule has 20 heavy (non-hydrogen) atoms. The van der Waals surface area contributed by atoms with Crippen LogP contribution in [0, 0.1) is 0 Å². The van der Waals surface area contributed by atoms with Crippen LogP contribution in [0.15, 0.2) is 40.5 Å². The molecule has 4 N–H and O–H groups in total. The molecule has 0 amide bonds. The molecule has 2 aromatic rings. The number of rotatable bonds is 4. The van der Waals surface area contributed by atoms with Crippen LogP contribution in [0.25, 0.3) is 10.9 Å². The highest BCUT2D eigenvalue weighted by molar-refractivity contribution is 7.99. The molecular formula is C14H17N3O2S. The summed E-state index contributed by atoms with van der Waals surface area (Å²) in [5, 5.41) is 23.1. The number of nitrogens with zero attached hydrogens (tertiary/aromatic N) is 2. The fourth-order valence-corrected chi connectivity index (χ4v) is 2.68. The van der Waals surface area contributed by atoms with Gasteiger partial charge in [-0.3, -0.25) is 0 Å². The van der Waals surface area contributed by atoms with Gasteiger partial charge in [0.05, 0.1) is 16.6 Å². The van der Waals surface area contributed by atoms with Crippen molar-refractivity contribution in [1.82, 2.24) is 4.98 Å². The van der Waals surface area contributed by atoms with Crippen LogP contribution >= 0.6 is 11.8 Å². The Kier molecular flexibility index (Phi) is 4.46. The smallest absolute Gasteiger partial charge is 0.170 e. The van der Waals surface area contributed by atoms with E-state index in [0.717, 1.165) is 15.9 Å². The zero-order chi connectivity index (χ0) is 14.7. The van der Waals surface area contributed by atoms with Gasteiger partial charge in [0.1, 0.15) is 0 Å². The Labute approximate surface area is 121 Å². The maximum Gasteiger partial charge on any atom is 0.170 e. The van der Waals surface area contributed by atoms with E-state index in [1.165, 1.54) is 11.8 Å². The fraction of sp³-hybridized carbons (Fsp3) is 0.286. The topological polar surface area (TPSA) is 91.7 Å². The summed E-state index contributed by atoms with van der Waals surface area (Å²) in [6.07, 6.45) is -0.444. The maximum absolute atomic E-state index is 9.58. The first-order chi connectivity index (χ1) is 9.52. The van der Waals surface area contributed by atoms with E-state index in [0.29, 0.717) is 5.56 Å². The molecule has 0 spiro atoms. The van der Waals surface area contributed by atoms with E-state index in [-0.39, 0.29) is 11.1 Å². The second kappa shape index (κ2) is 6.11. The van der Waals surface area contributed by atoms with Crippen LogP contribution in [0.4, 0.5) is 0 Å². The summed E-state index contributed by atoms with van der Waals surface area (Å²) in [5.74, 6) is 0.0511. The lowest BCUT2D eigenvalue weighted by Gasteiger charge is -2.14. The molecule has 106 valence electrons. The highest BCUT2D eigenvalue weighted by atomic mass is 32.2. The van der Waals surface area contributed by atoms with Gasteiger partial charge >= 0.3 is 0 Å². The number of thioether (sulfide) groups is 1. The van der Waals surface area contributed by atoms with Crippen LogP contribution in [0.1, 0.15) is 19.4 Å². The molecule has 0 radical (unpaired) electrons. The number of para-hydroxylation sites is 1. The number of hydrogen-bond acceptors (Lipinski definition) is 5. The van der Waals surface area contributed by atoms with E-state index < -0.39 is 6.10 Å². The highest BCUT2D eigenvalue weighted by Gasteiger charge is 2.14. The minimum absolute atomic E-state index is 0.00352. The largest absolute Gasteiger partial charge is 0.409 e. The summed E-state index contributed by atoms with van der Waals surface area (Å²) in [5.41, 5.74) is 7.15. The van der Waals surface area contributed by atoms with E-state index >= 15 is 0 Å². The van der Waals surface area contributed by atoms with Gasteiger partial charge in [-0.2, -0.15) is 0 Å². The Bertz CT molecular complexity index is 643. The minimum Gasteiger partial charge on any atom is -0.409 e. The van der Waals surface area contributed by atoms with Crippen molar-refractivity contribution in [2.75, 3.05) is 0 Å². The molecule has 2 atom stereocenters. The number of nitrogens with two attached hydrogens (primary N) is 1. The highest BCUT2D eigenvalue weighted by Crippen LogP contribution is 2.28. The zero-order valence-electron chi connectivity index (χ0n) is 11.3. The molecule has 1 aromatic heterocycles. The Morgan fingerprint density at radius 3 is 2.70 bits per heavy atom. The van der Waals surface area contributed by atoms with Crippen molar-refractivity contribution in [1.29, 1.82) is 0 Å². The Hall–Kier alpha value is -1.79. The van der Waals surface area contributed by atoms with E-state index in [1.54, 1.807) is 13.0 Å². The predicted molar refractivity (Wildman–Crippen MR) is 81.3 cm³/mol. The molecule has 2 unspecified atom stereocenters. The summed E-state index contributed by atoms with van der Waals surface area (Å²) in [6, 6.07) is 9.30. The second-order valence-electron chi connectivity index (χ2n) is 4.57. The number of aromatic nitrogens is 1. The van der Waals surface area contributed by atoms with Gasteiger partial charge in [0.2, 0.25) is 0 Å². The third-order valence-corrected chi connectivity index (χ3v) is 4.28. The zero-order valence-corrected chi connectivity index (χ0v) is 12.1. The van der Waals surface area contributed by atoms with Gasteiger partial charge < -0.3 is 16.0 Å². The number of pyridine rings is 1.